The van der Waals surface area contributed by atoms with Crippen LogP contribution in [0.1, 0.15) is 66.7 Å². The summed E-state index contributed by atoms with van der Waals surface area (Å²) < 4.78 is 5.20. The lowest BCUT2D eigenvalue weighted by Crippen LogP contribution is -2.50. The molecule has 0 aliphatic carbocycles. The Morgan fingerprint density at radius 3 is 2.48 bits per heavy atom. The molecule has 1 N–H and O–H groups in total. The summed E-state index contributed by atoms with van der Waals surface area (Å²) in [5.74, 6) is -0.125. The molecule has 0 bridgehead atoms. The van der Waals surface area contributed by atoms with Gasteiger partial charge in [0.15, 0.2) is 0 Å². The number of unbranched alkanes of at least 4 members (excludes halogenated alkanes) is 1. The molecular formula is C17H36N2O2. The highest BCUT2D eigenvalue weighted by Crippen LogP contribution is 2.17. The van der Waals surface area contributed by atoms with E-state index < -0.39 is 5.54 Å². The Labute approximate surface area is 131 Å². The molecule has 4 heteroatoms. The fourth-order valence-electron chi connectivity index (χ4n) is 2.64. The maximum atomic E-state index is 12.1. The van der Waals surface area contributed by atoms with Crippen molar-refractivity contribution in [1.82, 2.24) is 10.2 Å². The summed E-state index contributed by atoms with van der Waals surface area (Å²) in [7, 11) is 2.19. The Kier molecular flexibility index (Phi) is 10.7. The SMILES string of the molecule is CCCC(C)N(C)CCCCC(C)(NCC)C(=O)OCC. The lowest BCUT2D eigenvalue weighted by molar-refractivity contribution is -0.150. The van der Waals surface area contributed by atoms with Crippen LogP contribution in [0, 0.1) is 0 Å². The molecule has 0 saturated carbocycles. The molecular weight excluding hydrogens is 264 g/mol. The average Bonchev–Trinajstić information content (AvgIpc) is 2.44. The van der Waals surface area contributed by atoms with E-state index in [1.807, 2.05) is 20.8 Å². The highest BCUT2D eigenvalue weighted by Gasteiger charge is 2.32. The van der Waals surface area contributed by atoms with Gasteiger partial charge in [-0.1, -0.05) is 20.3 Å². The number of esters is 1. The van der Waals surface area contributed by atoms with Crippen LogP contribution < -0.4 is 5.32 Å². The largest absolute Gasteiger partial charge is 0.465 e. The molecule has 0 aliphatic rings. The fourth-order valence-corrected chi connectivity index (χ4v) is 2.64. The van der Waals surface area contributed by atoms with Crippen molar-refractivity contribution in [3.05, 3.63) is 0 Å². The Bertz CT molecular complexity index is 284. The van der Waals surface area contributed by atoms with Gasteiger partial charge in [0.05, 0.1) is 6.61 Å². The number of nitrogens with zero attached hydrogens (tertiary/aromatic N) is 1. The van der Waals surface area contributed by atoms with Crippen LogP contribution in [0.15, 0.2) is 0 Å². The van der Waals surface area contributed by atoms with Gasteiger partial charge in [0.1, 0.15) is 5.54 Å². The first-order valence-corrected chi connectivity index (χ1v) is 8.53. The lowest BCUT2D eigenvalue weighted by atomic mass is 9.94. The van der Waals surface area contributed by atoms with Gasteiger partial charge in [0, 0.05) is 6.04 Å². The molecule has 0 aromatic heterocycles. The minimum Gasteiger partial charge on any atom is -0.465 e. The van der Waals surface area contributed by atoms with E-state index in [1.165, 1.54) is 12.8 Å². The van der Waals surface area contributed by atoms with Crippen molar-refractivity contribution in [2.45, 2.75) is 78.3 Å². The first kappa shape index (κ1) is 20.4. The van der Waals surface area contributed by atoms with Crippen molar-refractivity contribution in [3.63, 3.8) is 0 Å². The van der Waals surface area contributed by atoms with E-state index in [4.69, 9.17) is 4.74 Å². The molecule has 0 aromatic carbocycles. The average molecular weight is 300 g/mol. The van der Waals surface area contributed by atoms with Gasteiger partial charge in [0.2, 0.25) is 0 Å². The summed E-state index contributed by atoms with van der Waals surface area (Å²) >= 11 is 0. The molecule has 4 nitrogen and oxygen atoms in total. The maximum absolute atomic E-state index is 12.1. The second kappa shape index (κ2) is 11.0. The van der Waals surface area contributed by atoms with Crippen LogP contribution >= 0.6 is 0 Å². The summed E-state index contributed by atoms with van der Waals surface area (Å²) in [6.45, 7) is 12.7. The van der Waals surface area contributed by atoms with E-state index in [-0.39, 0.29) is 5.97 Å². The number of ether oxygens (including phenoxy) is 1. The van der Waals surface area contributed by atoms with Gasteiger partial charge in [-0.05, 0) is 66.6 Å². The number of likely N-dealkylation sites (N-methyl/N-ethyl adjacent to an activating group) is 1. The Morgan fingerprint density at radius 1 is 1.29 bits per heavy atom. The summed E-state index contributed by atoms with van der Waals surface area (Å²) in [5.41, 5.74) is -0.543. The molecule has 0 heterocycles. The van der Waals surface area contributed by atoms with Crippen molar-refractivity contribution >= 4 is 5.97 Å². The van der Waals surface area contributed by atoms with Crippen LogP contribution in [0.2, 0.25) is 0 Å². The predicted octanol–water partition coefficient (Wildman–Crippen LogP) is 3.21. The molecule has 21 heavy (non-hydrogen) atoms. The topological polar surface area (TPSA) is 41.6 Å². The van der Waals surface area contributed by atoms with Crippen LogP contribution in [-0.2, 0) is 9.53 Å². The van der Waals surface area contributed by atoms with Crippen LogP contribution in [-0.4, -0.2) is 49.2 Å². The van der Waals surface area contributed by atoms with E-state index in [0.717, 1.165) is 32.4 Å². The standard InChI is InChI=1S/C17H36N2O2/c1-7-12-15(4)19(6)14-11-10-13-17(5,18-8-2)16(20)21-9-3/h15,18H,7-14H2,1-6H3. The summed E-state index contributed by atoms with van der Waals surface area (Å²) in [4.78, 5) is 14.5. The normalized spacial score (nSPS) is 15.8. The molecule has 0 rings (SSSR count). The predicted molar refractivity (Wildman–Crippen MR) is 89.6 cm³/mol. The lowest BCUT2D eigenvalue weighted by Gasteiger charge is -2.29. The van der Waals surface area contributed by atoms with Gasteiger partial charge in [-0.2, -0.15) is 0 Å². The summed E-state index contributed by atoms with van der Waals surface area (Å²) in [6, 6.07) is 0.639. The van der Waals surface area contributed by atoms with E-state index in [0.29, 0.717) is 12.6 Å². The molecule has 0 aromatic rings. The molecule has 0 amide bonds. The molecule has 2 atom stereocenters. The zero-order valence-electron chi connectivity index (χ0n) is 15.0. The summed E-state index contributed by atoms with van der Waals surface area (Å²) in [6.07, 6.45) is 5.45. The van der Waals surface area contributed by atoms with Gasteiger partial charge < -0.3 is 15.0 Å². The monoisotopic (exact) mass is 300 g/mol. The third-order valence-electron chi connectivity index (χ3n) is 4.19. The molecule has 0 aliphatic heterocycles. The fraction of sp³-hybridized carbons (Fsp3) is 0.941. The van der Waals surface area contributed by atoms with Gasteiger partial charge >= 0.3 is 5.97 Å². The number of hydrogen-bond donors (Lipinski definition) is 1. The summed E-state index contributed by atoms with van der Waals surface area (Å²) in [5, 5.41) is 3.29. The van der Waals surface area contributed by atoms with Gasteiger partial charge in [-0.3, -0.25) is 4.79 Å². The molecule has 0 fully saturated rings. The second-order valence-electron chi connectivity index (χ2n) is 6.16. The van der Waals surface area contributed by atoms with E-state index in [2.05, 4.69) is 31.1 Å². The van der Waals surface area contributed by atoms with Gasteiger partial charge in [0.25, 0.3) is 0 Å². The van der Waals surface area contributed by atoms with E-state index in [9.17, 15) is 4.79 Å². The van der Waals surface area contributed by atoms with Crippen molar-refractivity contribution in [3.8, 4) is 0 Å². The number of carbonyl (C=O) groups is 1. The zero-order valence-corrected chi connectivity index (χ0v) is 15.0. The number of nitrogens with one attached hydrogen (secondary N) is 1. The van der Waals surface area contributed by atoms with E-state index >= 15 is 0 Å². The molecule has 0 radical (unpaired) electrons. The van der Waals surface area contributed by atoms with Crippen molar-refractivity contribution in [1.29, 1.82) is 0 Å². The van der Waals surface area contributed by atoms with Crippen molar-refractivity contribution in [2.75, 3.05) is 26.7 Å². The molecule has 2 unspecified atom stereocenters. The Morgan fingerprint density at radius 2 is 1.95 bits per heavy atom. The minimum atomic E-state index is -0.543. The van der Waals surface area contributed by atoms with Crippen molar-refractivity contribution < 1.29 is 9.53 Å². The number of carbonyl (C=O) groups excluding carboxylic acids is 1. The van der Waals surface area contributed by atoms with E-state index in [1.54, 1.807) is 0 Å². The van der Waals surface area contributed by atoms with Crippen LogP contribution in [0.3, 0.4) is 0 Å². The highest BCUT2D eigenvalue weighted by molar-refractivity contribution is 5.80. The third-order valence-corrected chi connectivity index (χ3v) is 4.19. The quantitative estimate of drug-likeness (QED) is 0.444. The van der Waals surface area contributed by atoms with Crippen LogP contribution in [0.5, 0.6) is 0 Å². The first-order chi connectivity index (χ1) is 9.91. The van der Waals surface area contributed by atoms with Crippen LogP contribution in [0.25, 0.3) is 0 Å². The molecule has 0 spiro atoms. The highest BCUT2D eigenvalue weighted by atomic mass is 16.5. The first-order valence-electron chi connectivity index (χ1n) is 8.53. The van der Waals surface area contributed by atoms with Gasteiger partial charge in [-0.25, -0.2) is 0 Å². The molecule has 126 valence electrons. The minimum absolute atomic E-state index is 0.125. The van der Waals surface area contributed by atoms with Crippen molar-refractivity contribution in [2.24, 2.45) is 0 Å². The Hall–Kier alpha value is -0.610. The number of hydrogen-bond acceptors (Lipinski definition) is 4. The molecule has 0 saturated heterocycles. The van der Waals surface area contributed by atoms with Crippen LogP contribution in [0.4, 0.5) is 0 Å². The zero-order chi connectivity index (χ0) is 16.3. The third kappa shape index (κ3) is 7.82. The maximum Gasteiger partial charge on any atom is 0.326 e. The second-order valence-corrected chi connectivity index (χ2v) is 6.16. The Balaban J connectivity index is 4.17. The van der Waals surface area contributed by atoms with Gasteiger partial charge in [-0.15, -0.1) is 0 Å². The number of rotatable bonds is 12. The smallest absolute Gasteiger partial charge is 0.326 e.